The van der Waals surface area contributed by atoms with Crippen molar-refractivity contribution in [2.45, 2.75) is 13.0 Å². The van der Waals surface area contributed by atoms with Crippen molar-refractivity contribution in [3.05, 3.63) is 6.20 Å². The van der Waals surface area contributed by atoms with Crippen LogP contribution in [0.3, 0.4) is 0 Å². The number of ether oxygens (including phenoxy) is 2. The van der Waals surface area contributed by atoms with E-state index in [0.29, 0.717) is 30.1 Å². The van der Waals surface area contributed by atoms with Crippen LogP contribution in [0.25, 0.3) is 10.7 Å². The number of hydrogen-bond donors (Lipinski definition) is 1. The summed E-state index contributed by atoms with van der Waals surface area (Å²) in [6.07, 6.45) is 1.65. The van der Waals surface area contributed by atoms with Crippen molar-refractivity contribution >= 4 is 22.4 Å². The molecule has 0 aromatic carbocycles. The Kier molecular flexibility index (Phi) is 3.84. The van der Waals surface area contributed by atoms with Crippen molar-refractivity contribution in [3.8, 4) is 16.7 Å². The van der Waals surface area contributed by atoms with Crippen LogP contribution in [0, 0.1) is 0 Å². The first-order valence-corrected chi connectivity index (χ1v) is 7.35. The van der Waals surface area contributed by atoms with E-state index >= 15 is 0 Å². The highest BCUT2D eigenvalue weighted by atomic mass is 32.1. The molecule has 2 N–H and O–H groups in total. The van der Waals surface area contributed by atoms with Gasteiger partial charge in [0.15, 0.2) is 11.0 Å². The van der Waals surface area contributed by atoms with Crippen LogP contribution >= 0.6 is 11.3 Å². The molecule has 1 fully saturated rings. The molecule has 3 heterocycles. The van der Waals surface area contributed by atoms with E-state index in [1.165, 1.54) is 18.4 Å². The third-order valence-electron chi connectivity index (χ3n) is 3.15. The van der Waals surface area contributed by atoms with Gasteiger partial charge in [-0.2, -0.15) is 15.0 Å². The zero-order valence-electron chi connectivity index (χ0n) is 11.8. The molecule has 0 spiro atoms. The molecule has 1 atom stereocenters. The molecule has 8 nitrogen and oxygen atoms in total. The fourth-order valence-electron chi connectivity index (χ4n) is 2.09. The number of nitrogens with zero attached hydrogens (tertiary/aromatic N) is 5. The monoisotopic (exact) mass is 308 g/mol. The summed E-state index contributed by atoms with van der Waals surface area (Å²) >= 11 is 1.33. The molecule has 2 aromatic rings. The Hall–Kier alpha value is -2.00. The van der Waals surface area contributed by atoms with Gasteiger partial charge in [-0.25, -0.2) is 4.98 Å². The van der Waals surface area contributed by atoms with Gasteiger partial charge in [0, 0.05) is 6.54 Å². The van der Waals surface area contributed by atoms with Gasteiger partial charge in [-0.3, -0.25) is 0 Å². The molecule has 1 aliphatic heterocycles. The average Bonchev–Trinajstić information content (AvgIpc) is 2.94. The second-order valence-electron chi connectivity index (χ2n) is 4.63. The lowest BCUT2D eigenvalue weighted by Gasteiger charge is -2.33. The summed E-state index contributed by atoms with van der Waals surface area (Å²) in [5, 5.41) is 0.477. The smallest absolute Gasteiger partial charge is 0.321 e. The predicted octanol–water partition coefficient (Wildman–Crippen LogP) is 0.811. The van der Waals surface area contributed by atoms with E-state index in [1.807, 2.05) is 0 Å². The Morgan fingerprint density at radius 1 is 1.43 bits per heavy atom. The summed E-state index contributed by atoms with van der Waals surface area (Å²) in [6.45, 7) is 4.11. The number of hydrogen-bond acceptors (Lipinski definition) is 9. The molecule has 1 aliphatic rings. The van der Waals surface area contributed by atoms with Gasteiger partial charge in [-0.05, 0) is 6.92 Å². The van der Waals surface area contributed by atoms with Crippen LogP contribution in [0.15, 0.2) is 6.20 Å². The summed E-state index contributed by atoms with van der Waals surface area (Å²) in [6, 6.07) is 0.478. The van der Waals surface area contributed by atoms with Gasteiger partial charge in [0.2, 0.25) is 5.95 Å². The Bertz CT molecular complexity index is 634. The maximum atomic E-state index is 5.67. The Labute approximate surface area is 126 Å². The fourth-order valence-corrected chi connectivity index (χ4v) is 2.71. The number of anilines is 2. The third kappa shape index (κ3) is 2.88. The van der Waals surface area contributed by atoms with Crippen LogP contribution in [-0.4, -0.2) is 52.8 Å². The van der Waals surface area contributed by atoms with Crippen molar-refractivity contribution in [3.63, 3.8) is 0 Å². The number of aromatic nitrogens is 4. The van der Waals surface area contributed by atoms with Crippen molar-refractivity contribution in [1.29, 1.82) is 0 Å². The molecule has 2 aromatic heterocycles. The minimum absolute atomic E-state index is 0.199. The molecule has 21 heavy (non-hydrogen) atoms. The zero-order chi connectivity index (χ0) is 14.8. The maximum absolute atomic E-state index is 5.67. The van der Waals surface area contributed by atoms with Gasteiger partial charge >= 0.3 is 6.01 Å². The van der Waals surface area contributed by atoms with E-state index < -0.39 is 0 Å². The second-order valence-corrected chi connectivity index (χ2v) is 5.69. The summed E-state index contributed by atoms with van der Waals surface area (Å²) in [4.78, 5) is 20.0. The van der Waals surface area contributed by atoms with Gasteiger partial charge in [0.25, 0.3) is 0 Å². The Balaban J connectivity index is 2.00. The van der Waals surface area contributed by atoms with Crippen LogP contribution in [0.2, 0.25) is 0 Å². The standard InChI is InChI=1S/C12H16N6O2S/c1-7-6-20-4-3-18(7)11-15-9(16-12(17-11)19-2)8-5-14-10(13)21-8/h5,7H,3-4,6H2,1-2H3,(H2,13,14)/t7-/m0/s1. The van der Waals surface area contributed by atoms with Gasteiger partial charge < -0.3 is 20.1 Å². The van der Waals surface area contributed by atoms with Crippen molar-refractivity contribution in [2.75, 3.05) is 37.5 Å². The molecule has 0 aliphatic carbocycles. The van der Waals surface area contributed by atoms with Crippen molar-refractivity contribution in [2.24, 2.45) is 0 Å². The van der Waals surface area contributed by atoms with Crippen LogP contribution in [0.5, 0.6) is 6.01 Å². The molecule has 0 saturated carbocycles. The largest absolute Gasteiger partial charge is 0.467 e. The molecule has 1 saturated heterocycles. The first-order valence-electron chi connectivity index (χ1n) is 6.53. The number of nitrogens with two attached hydrogens (primary N) is 1. The number of thiazole rings is 1. The van der Waals surface area contributed by atoms with Crippen molar-refractivity contribution in [1.82, 2.24) is 19.9 Å². The first-order chi connectivity index (χ1) is 10.2. The van der Waals surface area contributed by atoms with E-state index in [0.717, 1.165) is 11.4 Å². The molecule has 9 heteroatoms. The van der Waals surface area contributed by atoms with E-state index in [-0.39, 0.29) is 12.1 Å². The minimum Gasteiger partial charge on any atom is -0.467 e. The molecular weight excluding hydrogens is 292 g/mol. The average molecular weight is 308 g/mol. The van der Waals surface area contributed by atoms with E-state index in [4.69, 9.17) is 15.2 Å². The lowest BCUT2D eigenvalue weighted by Crippen LogP contribution is -2.44. The SMILES string of the molecule is COc1nc(-c2cnc(N)s2)nc(N2CCOC[C@@H]2C)n1. The lowest BCUT2D eigenvalue weighted by atomic mass is 10.3. The van der Waals surface area contributed by atoms with Gasteiger partial charge in [0.1, 0.15) is 0 Å². The second kappa shape index (κ2) is 5.78. The van der Waals surface area contributed by atoms with Crippen LogP contribution in [0.1, 0.15) is 6.92 Å². The van der Waals surface area contributed by atoms with Gasteiger partial charge in [-0.1, -0.05) is 11.3 Å². The summed E-state index contributed by atoms with van der Waals surface area (Å²) in [7, 11) is 1.53. The summed E-state index contributed by atoms with van der Waals surface area (Å²) in [5.74, 6) is 1.10. The molecule has 0 amide bonds. The van der Waals surface area contributed by atoms with E-state index in [9.17, 15) is 0 Å². The highest BCUT2D eigenvalue weighted by Crippen LogP contribution is 2.27. The maximum Gasteiger partial charge on any atom is 0.321 e. The van der Waals surface area contributed by atoms with Gasteiger partial charge in [-0.15, -0.1) is 0 Å². The molecule has 0 bridgehead atoms. The Morgan fingerprint density at radius 3 is 2.95 bits per heavy atom. The van der Waals surface area contributed by atoms with Crippen LogP contribution in [0.4, 0.5) is 11.1 Å². The van der Waals surface area contributed by atoms with Crippen LogP contribution < -0.4 is 15.4 Å². The zero-order valence-corrected chi connectivity index (χ0v) is 12.6. The molecule has 3 rings (SSSR count). The first kappa shape index (κ1) is 14.0. The number of methoxy groups -OCH3 is 1. The highest BCUT2D eigenvalue weighted by molar-refractivity contribution is 7.18. The quantitative estimate of drug-likeness (QED) is 0.889. The van der Waals surface area contributed by atoms with Crippen LogP contribution in [-0.2, 0) is 4.74 Å². The molecule has 0 unspecified atom stereocenters. The van der Waals surface area contributed by atoms with Gasteiger partial charge in [0.05, 0.1) is 37.4 Å². The molecule has 112 valence electrons. The third-order valence-corrected chi connectivity index (χ3v) is 3.98. The summed E-state index contributed by atoms with van der Waals surface area (Å²) < 4.78 is 10.6. The Morgan fingerprint density at radius 2 is 2.29 bits per heavy atom. The van der Waals surface area contributed by atoms with E-state index in [2.05, 4.69) is 31.8 Å². The lowest BCUT2D eigenvalue weighted by molar-refractivity contribution is 0.0980. The molecular formula is C12H16N6O2S. The minimum atomic E-state index is 0.199. The van der Waals surface area contributed by atoms with Crippen molar-refractivity contribution < 1.29 is 9.47 Å². The predicted molar refractivity (Wildman–Crippen MR) is 79.5 cm³/mol. The number of nitrogen functional groups attached to an aromatic ring is 1. The highest BCUT2D eigenvalue weighted by Gasteiger charge is 2.23. The fraction of sp³-hybridized carbons (Fsp3) is 0.500. The van der Waals surface area contributed by atoms with E-state index in [1.54, 1.807) is 6.20 Å². The molecule has 0 radical (unpaired) electrons. The number of rotatable bonds is 3. The summed E-state index contributed by atoms with van der Waals surface area (Å²) in [5.41, 5.74) is 5.67. The normalized spacial score (nSPS) is 18.8. The topological polar surface area (TPSA) is 99.3 Å². The number of morpholine rings is 1.